The highest BCUT2D eigenvalue weighted by atomic mass is 16.5. The van der Waals surface area contributed by atoms with Gasteiger partial charge in [-0.05, 0) is 49.4 Å². The molecule has 8 nitrogen and oxygen atoms in total. The molecular formula is C29H27N5O3. The molecule has 0 unspecified atom stereocenters. The summed E-state index contributed by atoms with van der Waals surface area (Å²) < 4.78 is 10.5. The zero-order chi connectivity index (χ0) is 25.9. The van der Waals surface area contributed by atoms with E-state index in [1.165, 1.54) is 0 Å². The van der Waals surface area contributed by atoms with Crippen molar-refractivity contribution in [3.8, 4) is 11.4 Å². The van der Waals surface area contributed by atoms with E-state index in [-0.39, 0.29) is 18.0 Å². The molecule has 8 heteroatoms. The Morgan fingerprint density at radius 3 is 2.43 bits per heavy atom. The molecule has 0 saturated heterocycles. The van der Waals surface area contributed by atoms with Crippen LogP contribution in [0.5, 0.6) is 5.75 Å². The molecular weight excluding hydrogens is 466 g/mol. The van der Waals surface area contributed by atoms with Gasteiger partial charge in [-0.2, -0.15) is 0 Å². The SMILES string of the molecule is COc1ccc(NC(=O)Cn2cc(C=Nc3c(C)n(C)n(-c4ccccc4)c3=O)c3ccccc32)cc1. The fourth-order valence-corrected chi connectivity index (χ4v) is 4.38. The fraction of sp³-hybridized carbons (Fsp3) is 0.138. The van der Waals surface area contributed by atoms with Crippen LogP contribution in [-0.2, 0) is 18.4 Å². The Balaban J connectivity index is 1.44. The number of anilines is 1. The minimum absolute atomic E-state index is 0.131. The van der Waals surface area contributed by atoms with Crippen molar-refractivity contribution in [2.24, 2.45) is 12.0 Å². The molecule has 0 atom stereocenters. The number of methoxy groups -OCH3 is 1. The van der Waals surface area contributed by atoms with Gasteiger partial charge in [0.15, 0.2) is 5.69 Å². The number of hydrogen-bond acceptors (Lipinski definition) is 4. The number of benzene rings is 3. The second-order valence-corrected chi connectivity index (χ2v) is 8.67. The summed E-state index contributed by atoms with van der Waals surface area (Å²) in [5.74, 6) is 0.571. The van der Waals surface area contributed by atoms with E-state index in [0.29, 0.717) is 11.4 Å². The summed E-state index contributed by atoms with van der Waals surface area (Å²) in [5.41, 5.74) is 4.14. The third kappa shape index (κ3) is 4.69. The highest BCUT2D eigenvalue weighted by molar-refractivity contribution is 6.01. The smallest absolute Gasteiger partial charge is 0.297 e. The largest absolute Gasteiger partial charge is 0.497 e. The molecule has 0 radical (unpaired) electrons. The van der Waals surface area contributed by atoms with Crippen LogP contribution >= 0.6 is 0 Å². The molecule has 0 fully saturated rings. The molecule has 0 saturated carbocycles. The Hall–Kier alpha value is -4.85. The Bertz CT molecular complexity index is 1660. The van der Waals surface area contributed by atoms with Crippen molar-refractivity contribution in [1.82, 2.24) is 13.9 Å². The van der Waals surface area contributed by atoms with Crippen molar-refractivity contribution in [2.75, 3.05) is 12.4 Å². The Morgan fingerprint density at radius 1 is 1.00 bits per heavy atom. The number of hydrogen-bond donors (Lipinski definition) is 1. The Labute approximate surface area is 214 Å². The number of carbonyl (C=O) groups excluding carboxylic acids is 1. The maximum absolute atomic E-state index is 13.2. The van der Waals surface area contributed by atoms with Crippen LogP contribution in [-0.4, -0.2) is 33.2 Å². The van der Waals surface area contributed by atoms with E-state index in [1.54, 1.807) is 47.0 Å². The van der Waals surface area contributed by atoms with Gasteiger partial charge in [0.05, 0.1) is 18.5 Å². The molecule has 3 aromatic carbocycles. The molecule has 5 aromatic rings. The van der Waals surface area contributed by atoms with E-state index < -0.39 is 0 Å². The number of nitrogens with one attached hydrogen (secondary N) is 1. The van der Waals surface area contributed by atoms with Crippen molar-refractivity contribution < 1.29 is 9.53 Å². The van der Waals surface area contributed by atoms with Gasteiger partial charge in [0.2, 0.25) is 5.91 Å². The molecule has 186 valence electrons. The van der Waals surface area contributed by atoms with Crippen LogP contribution in [0, 0.1) is 6.92 Å². The highest BCUT2D eigenvalue weighted by Crippen LogP contribution is 2.22. The van der Waals surface area contributed by atoms with Crippen molar-refractivity contribution in [3.63, 3.8) is 0 Å². The predicted molar refractivity (Wildman–Crippen MR) is 147 cm³/mol. The number of amides is 1. The van der Waals surface area contributed by atoms with E-state index in [1.807, 2.05) is 79.3 Å². The molecule has 0 aliphatic heterocycles. The highest BCUT2D eigenvalue weighted by Gasteiger charge is 2.16. The molecule has 1 amide bonds. The lowest BCUT2D eigenvalue weighted by atomic mass is 10.2. The topological polar surface area (TPSA) is 82.5 Å². The van der Waals surface area contributed by atoms with Gasteiger partial charge in [-0.25, -0.2) is 9.67 Å². The zero-order valence-electron chi connectivity index (χ0n) is 20.9. The summed E-state index contributed by atoms with van der Waals surface area (Å²) in [7, 11) is 3.44. The van der Waals surface area contributed by atoms with Gasteiger partial charge in [-0.1, -0.05) is 36.4 Å². The van der Waals surface area contributed by atoms with Gasteiger partial charge in [-0.15, -0.1) is 0 Å². The van der Waals surface area contributed by atoms with Gasteiger partial charge < -0.3 is 14.6 Å². The number of carbonyl (C=O) groups is 1. The standard InChI is InChI=1S/C29H27N5O3/c1-20-28(29(36)34(32(20)2)23-9-5-4-6-10-23)30-17-21-18-33(26-12-8-7-11-25(21)26)19-27(35)31-22-13-15-24(37-3)16-14-22/h4-18H,19H2,1-3H3,(H,31,35). The van der Waals surface area contributed by atoms with Gasteiger partial charge in [0, 0.05) is 41.6 Å². The van der Waals surface area contributed by atoms with Crippen LogP contribution in [0.4, 0.5) is 11.4 Å². The van der Waals surface area contributed by atoms with E-state index in [0.717, 1.165) is 33.6 Å². The lowest BCUT2D eigenvalue weighted by Crippen LogP contribution is -2.19. The first-order valence-electron chi connectivity index (χ1n) is 11.9. The van der Waals surface area contributed by atoms with E-state index in [4.69, 9.17) is 4.74 Å². The van der Waals surface area contributed by atoms with Crippen molar-refractivity contribution in [1.29, 1.82) is 0 Å². The molecule has 5 rings (SSSR count). The number of ether oxygens (including phenoxy) is 1. The van der Waals surface area contributed by atoms with Crippen molar-refractivity contribution in [3.05, 3.63) is 107 Å². The number of nitrogens with zero attached hydrogens (tertiary/aromatic N) is 4. The third-order valence-electron chi connectivity index (χ3n) is 6.36. The average molecular weight is 494 g/mol. The molecule has 0 bridgehead atoms. The fourth-order valence-electron chi connectivity index (χ4n) is 4.38. The molecule has 2 heterocycles. The van der Waals surface area contributed by atoms with Gasteiger partial charge >= 0.3 is 0 Å². The van der Waals surface area contributed by atoms with E-state index in [2.05, 4.69) is 10.3 Å². The minimum atomic E-state index is -0.190. The number of rotatable bonds is 7. The second-order valence-electron chi connectivity index (χ2n) is 8.67. The van der Waals surface area contributed by atoms with E-state index in [9.17, 15) is 9.59 Å². The molecule has 0 spiro atoms. The number of fused-ring (bicyclic) bond motifs is 1. The summed E-state index contributed by atoms with van der Waals surface area (Å²) in [6.45, 7) is 2.01. The summed E-state index contributed by atoms with van der Waals surface area (Å²) in [6, 6.07) is 24.5. The second kappa shape index (κ2) is 10.0. The number of para-hydroxylation sites is 2. The van der Waals surface area contributed by atoms with Crippen LogP contribution in [0.3, 0.4) is 0 Å². The average Bonchev–Trinajstić information content (AvgIpc) is 3.36. The maximum Gasteiger partial charge on any atom is 0.297 e. The molecule has 0 aliphatic carbocycles. The summed E-state index contributed by atoms with van der Waals surface area (Å²) in [5, 5.41) is 3.86. The Morgan fingerprint density at radius 2 is 1.70 bits per heavy atom. The molecule has 2 aromatic heterocycles. The third-order valence-corrected chi connectivity index (χ3v) is 6.36. The molecule has 1 N–H and O–H groups in total. The summed E-state index contributed by atoms with van der Waals surface area (Å²) in [6.07, 6.45) is 3.58. The van der Waals surface area contributed by atoms with Crippen LogP contribution in [0.2, 0.25) is 0 Å². The van der Waals surface area contributed by atoms with Gasteiger partial charge in [0.25, 0.3) is 5.56 Å². The van der Waals surface area contributed by atoms with Crippen LogP contribution in [0.25, 0.3) is 16.6 Å². The van der Waals surface area contributed by atoms with Crippen molar-refractivity contribution >= 4 is 34.4 Å². The van der Waals surface area contributed by atoms with Crippen LogP contribution < -0.4 is 15.6 Å². The quantitative estimate of drug-likeness (QED) is 0.330. The summed E-state index contributed by atoms with van der Waals surface area (Å²) >= 11 is 0. The lowest BCUT2D eigenvalue weighted by molar-refractivity contribution is -0.116. The van der Waals surface area contributed by atoms with Crippen LogP contribution in [0.1, 0.15) is 11.3 Å². The first kappa shape index (κ1) is 23.9. The summed E-state index contributed by atoms with van der Waals surface area (Å²) in [4.78, 5) is 30.6. The minimum Gasteiger partial charge on any atom is -0.497 e. The normalized spacial score (nSPS) is 11.3. The molecule has 37 heavy (non-hydrogen) atoms. The van der Waals surface area contributed by atoms with Gasteiger partial charge in [0.1, 0.15) is 12.3 Å². The Kier molecular flexibility index (Phi) is 6.47. The van der Waals surface area contributed by atoms with E-state index >= 15 is 0 Å². The number of aliphatic imine (C=N–C) groups is 1. The predicted octanol–water partition coefficient (Wildman–Crippen LogP) is 4.84. The first-order chi connectivity index (χ1) is 18.0. The van der Waals surface area contributed by atoms with Gasteiger partial charge in [-0.3, -0.25) is 14.3 Å². The monoisotopic (exact) mass is 493 g/mol. The zero-order valence-corrected chi connectivity index (χ0v) is 20.9. The number of aromatic nitrogens is 3. The van der Waals surface area contributed by atoms with Crippen molar-refractivity contribution in [2.45, 2.75) is 13.5 Å². The lowest BCUT2D eigenvalue weighted by Gasteiger charge is -2.08. The maximum atomic E-state index is 13.2. The molecule has 0 aliphatic rings. The van der Waals surface area contributed by atoms with Crippen LogP contribution in [0.15, 0.2) is 94.8 Å². The first-order valence-corrected chi connectivity index (χ1v) is 11.9.